The number of carboxylic acid groups (broad SMARTS) is 1. The zero-order valence-corrected chi connectivity index (χ0v) is 8.29. The van der Waals surface area contributed by atoms with E-state index in [1.54, 1.807) is 0 Å². The van der Waals surface area contributed by atoms with Gasteiger partial charge in [-0.1, -0.05) is 18.6 Å². The molecule has 2 N–H and O–H groups in total. The highest BCUT2D eigenvalue weighted by molar-refractivity contribution is 5.66. The summed E-state index contributed by atoms with van der Waals surface area (Å²) in [4.78, 5) is 10.3. The molecular weight excluding hydrogens is 168 g/mol. The molecule has 0 fully saturated rings. The predicted octanol–water partition coefficient (Wildman–Crippen LogP) is 1.82. The first-order chi connectivity index (χ1) is 6.06. The van der Waals surface area contributed by atoms with Crippen LogP contribution in [0, 0.1) is 5.92 Å². The van der Waals surface area contributed by atoms with Crippen molar-refractivity contribution < 1.29 is 15.0 Å². The van der Waals surface area contributed by atoms with Gasteiger partial charge in [0.05, 0.1) is 6.61 Å². The van der Waals surface area contributed by atoms with E-state index in [0.717, 1.165) is 18.4 Å². The predicted molar refractivity (Wildman–Crippen MR) is 51.5 cm³/mol. The number of rotatable bonds is 6. The summed E-state index contributed by atoms with van der Waals surface area (Å²) >= 11 is 0. The molecule has 0 aromatic rings. The second-order valence-electron chi connectivity index (χ2n) is 3.49. The standard InChI is InChI=1S/C10H18O3/c1-8(6-10(12)13)4-3-5-9(2)7-11/h5,8,11H,3-4,6-7H2,1-2H3,(H,12,13)/t8-/m1/s1. The highest BCUT2D eigenvalue weighted by Gasteiger charge is 2.05. The number of aliphatic carboxylic acids is 1. The Morgan fingerprint density at radius 3 is 2.62 bits per heavy atom. The van der Waals surface area contributed by atoms with Crippen LogP contribution in [-0.2, 0) is 4.79 Å². The summed E-state index contributed by atoms with van der Waals surface area (Å²) in [5.74, 6) is -0.532. The molecule has 0 aliphatic heterocycles. The molecule has 0 amide bonds. The van der Waals surface area contributed by atoms with Crippen LogP contribution in [0.15, 0.2) is 11.6 Å². The Hall–Kier alpha value is -0.830. The highest BCUT2D eigenvalue weighted by atomic mass is 16.4. The summed E-state index contributed by atoms with van der Waals surface area (Å²) in [5, 5.41) is 17.2. The molecule has 0 aliphatic rings. The Balaban J connectivity index is 3.58. The number of carbonyl (C=O) groups is 1. The van der Waals surface area contributed by atoms with Gasteiger partial charge in [0, 0.05) is 6.42 Å². The topological polar surface area (TPSA) is 57.5 Å². The van der Waals surface area contributed by atoms with Crippen LogP contribution >= 0.6 is 0 Å². The van der Waals surface area contributed by atoms with E-state index in [-0.39, 0.29) is 18.9 Å². The van der Waals surface area contributed by atoms with Crippen LogP contribution in [-0.4, -0.2) is 22.8 Å². The second-order valence-corrected chi connectivity index (χ2v) is 3.49. The monoisotopic (exact) mass is 186 g/mol. The second kappa shape index (κ2) is 6.66. The largest absolute Gasteiger partial charge is 0.481 e. The van der Waals surface area contributed by atoms with Gasteiger partial charge in [0.1, 0.15) is 0 Å². The van der Waals surface area contributed by atoms with Crippen molar-refractivity contribution in [3.05, 3.63) is 11.6 Å². The molecule has 0 heterocycles. The van der Waals surface area contributed by atoms with E-state index < -0.39 is 5.97 Å². The Kier molecular flexibility index (Phi) is 6.24. The van der Waals surface area contributed by atoms with E-state index in [2.05, 4.69) is 0 Å². The van der Waals surface area contributed by atoms with Crippen molar-refractivity contribution in [3.63, 3.8) is 0 Å². The summed E-state index contributed by atoms with van der Waals surface area (Å²) in [7, 11) is 0. The Morgan fingerprint density at radius 1 is 1.54 bits per heavy atom. The molecule has 0 radical (unpaired) electrons. The number of hydrogen-bond acceptors (Lipinski definition) is 2. The molecule has 0 aromatic carbocycles. The molecule has 0 aromatic heterocycles. The van der Waals surface area contributed by atoms with E-state index in [0.29, 0.717) is 0 Å². The maximum atomic E-state index is 10.3. The fourth-order valence-corrected chi connectivity index (χ4v) is 1.08. The van der Waals surface area contributed by atoms with Gasteiger partial charge in [-0.3, -0.25) is 4.79 Å². The fourth-order valence-electron chi connectivity index (χ4n) is 1.08. The maximum absolute atomic E-state index is 10.3. The van der Waals surface area contributed by atoms with Crippen molar-refractivity contribution >= 4 is 5.97 Å². The van der Waals surface area contributed by atoms with E-state index >= 15 is 0 Å². The molecule has 0 unspecified atom stereocenters. The van der Waals surface area contributed by atoms with Crippen LogP contribution in [0.3, 0.4) is 0 Å². The quantitative estimate of drug-likeness (QED) is 0.622. The molecule has 0 rings (SSSR count). The van der Waals surface area contributed by atoms with Gasteiger partial charge in [0.2, 0.25) is 0 Å². The highest BCUT2D eigenvalue weighted by Crippen LogP contribution is 2.11. The van der Waals surface area contributed by atoms with Gasteiger partial charge in [-0.25, -0.2) is 0 Å². The van der Waals surface area contributed by atoms with Gasteiger partial charge >= 0.3 is 5.97 Å². The van der Waals surface area contributed by atoms with Crippen molar-refractivity contribution in [2.24, 2.45) is 5.92 Å². The fraction of sp³-hybridized carbons (Fsp3) is 0.700. The Labute approximate surface area is 79.1 Å². The number of aliphatic hydroxyl groups is 1. The summed E-state index contributed by atoms with van der Waals surface area (Å²) in [6, 6.07) is 0. The Morgan fingerprint density at radius 2 is 2.15 bits per heavy atom. The third-order valence-electron chi connectivity index (χ3n) is 1.92. The summed E-state index contributed by atoms with van der Waals surface area (Å²) in [5.41, 5.74) is 0.947. The number of hydrogen-bond donors (Lipinski definition) is 2. The average molecular weight is 186 g/mol. The average Bonchev–Trinajstić information content (AvgIpc) is 2.02. The van der Waals surface area contributed by atoms with Gasteiger partial charge in [0.25, 0.3) is 0 Å². The van der Waals surface area contributed by atoms with Gasteiger partial charge < -0.3 is 10.2 Å². The van der Waals surface area contributed by atoms with E-state index in [1.807, 2.05) is 19.9 Å². The molecule has 1 atom stereocenters. The molecule has 13 heavy (non-hydrogen) atoms. The van der Waals surface area contributed by atoms with Crippen molar-refractivity contribution in [2.45, 2.75) is 33.1 Å². The molecule has 76 valence electrons. The lowest BCUT2D eigenvalue weighted by Gasteiger charge is -2.05. The minimum absolute atomic E-state index is 0.0906. The van der Waals surface area contributed by atoms with Crippen LogP contribution in [0.25, 0.3) is 0 Å². The van der Waals surface area contributed by atoms with Crippen LogP contribution in [0.1, 0.15) is 33.1 Å². The first kappa shape index (κ1) is 12.2. The number of aliphatic hydroxyl groups excluding tert-OH is 1. The first-order valence-corrected chi connectivity index (χ1v) is 4.54. The van der Waals surface area contributed by atoms with E-state index in [4.69, 9.17) is 10.2 Å². The first-order valence-electron chi connectivity index (χ1n) is 4.54. The molecule has 3 nitrogen and oxygen atoms in total. The minimum atomic E-state index is -0.740. The third-order valence-corrected chi connectivity index (χ3v) is 1.92. The van der Waals surface area contributed by atoms with Gasteiger partial charge in [0.15, 0.2) is 0 Å². The van der Waals surface area contributed by atoms with Crippen molar-refractivity contribution in [1.29, 1.82) is 0 Å². The molecule has 3 heteroatoms. The van der Waals surface area contributed by atoms with E-state index in [1.165, 1.54) is 0 Å². The van der Waals surface area contributed by atoms with Gasteiger partial charge in [-0.05, 0) is 25.7 Å². The lowest BCUT2D eigenvalue weighted by Crippen LogP contribution is -2.03. The Bertz CT molecular complexity index is 185. The van der Waals surface area contributed by atoms with Crippen molar-refractivity contribution in [3.8, 4) is 0 Å². The minimum Gasteiger partial charge on any atom is -0.481 e. The summed E-state index contributed by atoms with van der Waals surface area (Å²) < 4.78 is 0. The molecular formula is C10H18O3. The lowest BCUT2D eigenvalue weighted by molar-refractivity contribution is -0.138. The molecule has 0 bridgehead atoms. The molecule has 0 saturated carbocycles. The van der Waals surface area contributed by atoms with Crippen LogP contribution in [0.4, 0.5) is 0 Å². The van der Waals surface area contributed by atoms with Crippen LogP contribution < -0.4 is 0 Å². The number of carboxylic acids is 1. The zero-order chi connectivity index (χ0) is 10.3. The van der Waals surface area contributed by atoms with Gasteiger partial charge in [-0.15, -0.1) is 0 Å². The van der Waals surface area contributed by atoms with Gasteiger partial charge in [-0.2, -0.15) is 0 Å². The van der Waals surface area contributed by atoms with E-state index in [9.17, 15) is 4.79 Å². The smallest absolute Gasteiger partial charge is 0.303 e. The molecule has 0 aliphatic carbocycles. The zero-order valence-electron chi connectivity index (χ0n) is 8.29. The maximum Gasteiger partial charge on any atom is 0.303 e. The normalized spacial score (nSPS) is 14.2. The lowest BCUT2D eigenvalue weighted by atomic mass is 10.0. The van der Waals surface area contributed by atoms with Crippen molar-refractivity contribution in [1.82, 2.24) is 0 Å². The van der Waals surface area contributed by atoms with Crippen LogP contribution in [0.5, 0.6) is 0 Å². The SMILES string of the molecule is CC(=CCC[C@@H](C)CC(=O)O)CO. The molecule has 0 saturated heterocycles. The summed E-state index contributed by atoms with van der Waals surface area (Å²) in [6.45, 7) is 3.88. The third kappa shape index (κ3) is 7.53. The molecule has 0 spiro atoms. The van der Waals surface area contributed by atoms with Crippen molar-refractivity contribution in [2.75, 3.05) is 6.61 Å². The number of allylic oxidation sites excluding steroid dienone is 1. The van der Waals surface area contributed by atoms with Crippen LogP contribution in [0.2, 0.25) is 0 Å². The summed E-state index contributed by atoms with van der Waals surface area (Å²) in [6.07, 6.45) is 3.90.